The van der Waals surface area contributed by atoms with Crippen LogP contribution in [0.1, 0.15) is 27.7 Å². The van der Waals surface area contributed by atoms with Crippen molar-refractivity contribution in [2.24, 2.45) is 0 Å². The molecular formula is C15H18BNO3. The van der Waals surface area contributed by atoms with Crippen molar-refractivity contribution in [2.75, 3.05) is 0 Å². The molecule has 1 aromatic carbocycles. The number of H-pyrrole nitrogens is 1. The maximum absolute atomic E-state index is 11.9. The highest BCUT2D eigenvalue weighted by Gasteiger charge is 2.52. The molecule has 0 spiro atoms. The predicted octanol–water partition coefficient (Wildman–Crippen LogP) is 1.83. The van der Waals surface area contributed by atoms with E-state index < -0.39 is 18.3 Å². The Morgan fingerprint density at radius 3 is 2.15 bits per heavy atom. The van der Waals surface area contributed by atoms with E-state index in [4.69, 9.17) is 9.31 Å². The van der Waals surface area contributed by atoms with Crippen LogP contribution in [0.3, 0.4) is 0 Å². The first-order chi connectivity index (χ1) is 9.32. The Morgan fingerprint density at radius 2 is 1.55 bits per heavy atom. The second-order valence-electron chi connectivity index (χ2n) is 6.21. The van der Waals surface area contributed by atoms with Gasteiger partial charge in [-0.15, -0.1) is 0 Å². The van der Waals surface area contributed by atoms with Crippen molar-refractivity contribution >= 4 is 23.4 Å². The molecule has 4 nitrogen and oxygen atoms in total. The Kier molecular flexibility index (Phi) is 2.82. The topological polar surface area (TPSA) is 51.3 Å². The SMILES string of the molecule is CC1(C)OB(c2c[nH]c(=O)c3ccccc23)OC1(C)C. The monoisotopic (exact) mass is 271 g/mol. The summed E-state index contributed by atoms with van der Waals surface area (Å²) in [6, 6.07) is 7.50. The Morgan fingerprint density at radius 1 is 1.00 bits per heavy atom. The van der Waals surface area contributed by atoms with Crippen LogP contribution in [0.25, 0.3) is 10.8 Å². The van der Waals surface area contributed by atoms with Crippen molar-refractivity contribution in [3.8, 4) is 0 Å². The molecule has 0 atom stereocenters. The molecule has 2 aromatic rings. The standard InChI is InChI=1S/C15H18BNO3/c1-14(2)15(3,4)20-16(19-14)12-9-17-13(18)11-8-6-5-7-10(11)12/h5-9H,1-4H3,(H,17,18). The van der Waals surface area contributed by atoms with Gasteiger partial charge in [0.1, 0.15) is 0 Å². The van der Waals surface area contributed by atoms with Gasteiger partial charge in [-0.1, -0.05) is 18.2 Å². The van der Waals surface area contributed by atoms with Gasteiger partial charge in [0.15, 0.2) is 0 Å². The number of fused-ring (bicyclic) bond motifs is 1. The average molecular weight is 271 g/mol. The van der Waals surface area contributed by atoms with E-state index in [1.807, 2.05) is 52.0 Å². The molecule has 1 fully saturated rings. The van der Waals surface area contributed by atoms with Gasteiger partial charge >= 0.3 is 7.12 Å². The molecule has 1 aromatic heterocycles. The predicted molar refractivity (Wildman–Crippen MR) is 80.3 cm³/mol. The van der Waals surface area contributed by atoms with E-state index in [0.29, 0.717) is 5.39 Å². The summed E-state index contributed by atoms with van der Waals surface area (Å²) in [5.74, 6) is 0. The Bertz CT molecular complexity index is 704. The lowest BCUT2D eigenvalue weighted by Gasteiger charge is -2.32. The minimum atomic E-state index is -0.471. The quantitative estimate of drug-likeness (QED) is 0.805. The van der Waals surface area contributed by atoms with Gasteiger partial charge < -0.3 is 14.3 Å². The van der Waals surface area contributed by atoms with Crippen LogP contribution in [-0.4, -0.2) is 23.3 Å². The second kappa shape index (κ2) is 4.20. The molecule has 1 aliphatic rings. The van der Waals surface area contributed by atoms with E-state index in [0.717, 1.165) is 10.8 Å². The average Bonchev–Trinajstić information content (AvgIpc) is 2.59. The van der Waals surface area contributed by atoms with E-state index in [2.05, 4.69) is 4.98 Å². The molecule has 0 aliphatic carbocycles. The van der Waals surface area contributed by atoms with Crippen molar-refractivity contribution in [3.05, 3.63) is 40.8 Å². The molecule has 0 amide bonds. The Hall–Kier alpha value is -1.59. The fraction of sp³-hybridized carbons (Fsp3) is 0.400. The second-order valence-corrected chi connectivity index (χ2v) is 6.21. The van der Waals surface area contributed by atoms with Gasteiger partial charge in [-0.05, 0) is 39.1 Å². The van der Waals surface area contributed by atoms with Crippen molar-refractivity contribution in [1.29, 1.82) is 0 Å². The summed E-state index contributed by atoms with van der Waals surface area (Å²) in [4.78, 5) is 14.6. The van der Waals surface area contributed by atoms with Gasteiger partial charge in [0.05, 0.1) is 11.2 Å². The highest BCUT2D eigenvalue weighted by Crippen LogP contribution is 2.36. The van der Waals surface area contributed by atoms with Crippen LogP contribution in [0.15, 0.2) is 35.3 Å². The first kappa shape index (κ1) is 13.4. The summed E-state index contributed by atoms with van der Waals surface area (Å²) in [6.45, 7) is 8.06. The van der Waals surface area contributed by atoms with Crippen LogP contribution in [0.2, 0.25) is 0 Å². The van der Waals surface area contributed by atoms with Gasteiger partial charge in [0.25, 0.3) is 5.56 Å². The third-order valence-corrected chi connectivity index (χ3v) is 4.35. The van der Waals surface area contributed by atoms with Crippen LogP contribution in [0.4, 0.5) is 0 Å². The van der Waals surface area contributed by atoms with Crippen molar-refractivity contribution in [1.82, 2.24) is 4.98 Å². The Balaban J connectivity index is 2.14. The van der Waals surface area contributed by atoms with Crippen LogP contribution >= 0.6 is 0 Å². The minimum Gasteiger partial charge on any atom is -0.399 e. The lowest BCUT2D eigenvalue weighted by atomic mass is 9.77. The highest BCUT2D eigenvalue weighted by molar-refractivity contribution is 6.65. The summed E-state index contributed by atoms with van der Waals surface area (Å²) in [6.07, 6.45) is 1.69. The molecule has 104 valence electrons. The number of aromatic nitrogens is 1. The minimum absolute atomic E-state index is 0.0964. The molecule has 0 radical (unpaired) electrons. The lowest BCUT2D eigenvalue weighted by molar-refractivity contribution is 0.00578. The highest BCUT2D eigenvalue weighted by atomic mass is 16.7. The van der Waals surface area contributed by atoms with Gasteiger partial charge in [-0.25, -0.2) is 0 Å². The van der Waals surface area contributed by atoms with Crippen LogP contribution < -0.4 is 11.0 Å². The molecule has 1 N–H and O–H groups in total. The number of pyridine rings is 1. The Labute approximate surface area is 118 Å². The summed E-state index contributed by atoms with van der Waals surface area (Å²) in [5, 5.41) is 1.52. The van der Waals surface area contributed by atoms with Crippen LogP contribution in [0, 0.1) is 0 Å². The number of hydrogen-bond acceptors (Lipinski definition) is 3. The number of benzene rings is 1. The lowest BCUT2D eigenvalue weighted by Crippen LogP contribution is -2.41. The van der Waals surface area contributed by atoms with Gasteiger partial charge in [-0.3, -0.25) is 4.79 Å². The largest absolute Gasteiger partial charge is 0.496 e. The van der Waals surface area contributed by atoms with Crippen molar-refractivity contribution < 1.29 is 9.31 Å². The molecule has 5 heteroatoms. The molecule has 0 saturated carbocycles. The third kappa shape index (κ3) is 1.89. The van der Waals surface area contributed by atoms with E-state index in [1.54, 1.807) is 6.20 Å². The van der Waals surface area contributed by atoms with E-state index in [9.17, 15) is 4.79 Å². The molecule has 3 rings (SSSR count). The zero-order valence-electron chi connectivity index (χ0n) is 12.2. The maximum Gasteiger partial charge on any atom is 0.496 e. The van der Waals surface area contributed by atoms with Crippen molar-refractivity contribution in [3.63, 3.8) is 0 Å². The number of nitrogens with one attached hydrogen (secondary N) is 1. The van der Waals surface area contributed by atoms with Gasteiger partial charge in [-0.2, -0.15) is 0 Å². The van der Waals surface area contributed by atoms with Crippen LogP contribution in [0.5, 0.6) is 0 Å². The molecule has 1 aliphatic heterocycles. The number of aromatic amines is 1. The van der Waals surface area contributed by atoms with Crippen molar-refractivity contribution in [2.45, 2.75) is 38.9 Å². The molecule has 20 heavy (non-hydrogen) atoms. The maximum atomic E-state index is 11.9. The number of rotatable bonds is 1. The van der Waals surface area contributed by atoms with Gasteiger partial charge in [0, 0.05) is 17.0 Å². The van der Waals surface area contributed by atoms with E-state index >= 15 is 0 Å². The summed E-state index contributed by atoms with van der Waals surface area (Å²) in [7, 11) is -0.471. The molecular weight excluding hydrogens is 253 g/mol. The fourth-order valence-electron chi connectivity index (χ4n) is 2.40. The summed E-state index contributed by atoms with van der Waals surface area (Å²) < 4.78 is 12.1. The zero-order chi connectivity index (χ0) is 14.5. The summed E-state index contributed by atoms with van der Waals surface area (Å²) >= 11 is 0. The van der Waals surface area contributed by atoms with E-state index in [-0.39, 0.29) is 5.56 Å². The fourth-order valence-corrected chi connectivity index (χ4v) is 2.40. The third-order valence-electron chi connectivity index (χ3n) is 4.35. The zero-order valence-corrected chi connectivity index (χ0v) is 12.2. The molecule has 0 bridgehead atoms. The summed E-state index contributed by atoms with van der Waals surface area (Å²) in [5.41, 5.74) is -0.0243. The van der Waals surface area contributed by atoms with Crippen LogP contribution in [-0.2, 0) is 9.31 Å². The molecule has 2 heterocycles. The first-order valence-electron chi connectivity index (χ1n) is 6.78. The van der Waals surface area contributed by atoms with E-state index in [1.165, 1.54) is 0 Å². The van der Waals surface area contributed by atoms with Gasteiger partial charge in [0.2, 0.25) is 0 Å². The molecule has 1 saturated heterocycles. The first-order valence-corrected chi connectivity index (χ1v) is 6.78. The molecule has 0 unspecified atom stereocenters. The number of hydrogen-bond donors (Lipinski definition) is 1. The smallest absolute Gasteiger partial charge is 0.399 e. The normalized spacial score (nSPS) is 20.5.